The van der Waals surface area contributed by atoms with E-state index in [0.717, 1.165) is 16.7 Å². The molecule has 5 nitrogen and oxygen atoms in total. The van der Waals surface area contributed by atoms with Crippen LogP contribution in [0.1, 0.15) is 30.6 Å². The van der Waals surface area contributed by atoms with Crippen molar-refractivity contribution in [2.75, 3.05) is 12.3 Å². The molecule has 0 bridgehead atoms. The molecule has 2 aromatic carbocycles. The maximum absolute atomic E-state index is 13.3. The van der Waals surface area contributed by atoms with Gasteiger partial charge in [0.15, 0.2) is 0 Å². The molecule has 3 rings (SSSR count). The van der Waals surface area contributed by atoms with Crippen molar-refractivity contribution in [2.24, 2.45) is 5.92 Å². The Hall–Kier alpha value is -2.09. The van der Waals surface area contributed by atoms with E-state index in [1.165, 1.54) is 0 Å². The van der Waals surface area contributed by atoms with Crippen molar-refractivity contribution >= 4 is 40.6 Å². The van der Waals surface area contributed by atoms with Crippen LogP contribution >= 0.6 is 23.5 Å². The van der Waals surface area contributed by atoms with E-state index in [2.05, 4.69) is 0 Å². The number of nitrogens with zero attached hydrogens (tertiary/aromatic N) is 1. The van der Waals surface area contributed by atoms with Crippen LogP contribution in [0.2, 0.25) is 0 Å². The zero-order valence-corrected chi connectivity index (χ0v) is 18.7. The van der Waals surface area contributed by atoms with E-state index in [0.29, 0.717) is 12.0 Å². The first-order chi connectivity index (χ1) is 14.3. The summed E-state index contributed by atoms with van der Waals surface area (Å²) in [4.78, 5) is 39.1. The molecule has 0 radical (unpaired) electrons. The van der Waals surface area contributed by atoms with Crippen molar-refractivity contribution in [2.45, 2.75) is 36.5 Å². The Morgan fingerprint density at radius 2 is 1.67 bits per heavy atom. The second-order valence-electron chi connectivity index (χ2n) is 7.68. The molecule has 7 heteroatoms. The number of hydrogen-bond donors (Lipinski definition) is 1. The average Bonchev–Trinajstić information content (AvgIpc) is 3.09. The summed E-state index contributed by atoms with van der Waals surface area (Å²) in [6, 6.07) is 18.4. The normalized spacial score (nSPS) is 24.3. The minimum Gasteiger partial charge on any atom is -0.435 e. The van der Waals surface area contributed by atoms with Gasteiger partial charge in [-0.15, -0.1) is 11.8 Å². The van der Waals surface area contributed by atoms with E-state index in [-0.39, 0.29) is 34.6 Å². The molecule has 158 valence electrons. The van der Waals surface area contributed by atoms with Gasteiger partial charge in [-0.05, 0) is 26.0 Å². The summed E-state index contributed by atoms with van der Waals surface area (Å²) in [6.45, 7) is 3.82. The van der Waals surface area contributed by atoms with Gasteiger partial charge in [0.25, 0.3) is 0 Å². The highest BCUT2D eigenvalue weighted by Crippen LogP contribution is 2.39. The summed E-state index contributed by atoms with van der Waals surface area (Å²) in [6.07, 6.45) is -0.449. The smallest absolute Gasteiger partial charge is 0.435 e. The van der Waals surface area contributed by atoms with E-state index in [9.17, 15) is 19.5 Å². The van der Waals surface area contributed by atoms with Crippen LogP contribution in [0.3, 0.4) is 0 Å². The largest absolute Gasteiger partial charge is 0.521 e. The number of quaternary nitrogens is 1. The molecule has 1 N–H and O–H groups in total. The Labute approximate surface area is 185 Å². The monoisotopic (exact) mass is 444 g/mol. The first-order valence-corrected chi connectivity index (χ1v) is 11.8. The second kappa shape index (κ2) is 9.81. The third-order valence-electron chi connectivity index (χ3n) is 5.52. The number of carbonyl (C=O) groups is 3. The van der Waals surface area contributed by atoms with Crippen molar-refractivity contribution < 1.29 is 24.0 Å². The van der Waals surface area contributed by atoms with Gasteiger partial charge in [0.1, 0.15) is 12.6 Å². The summed E-state index contributed by atoms with van der Waals surface area (Å²) < 4.78 is -0.564. The first-order valence-electron chi connectivity index (χ1n) is 9.94. The zero-order valence-electron chi connectivity index (χ0n) is 17.1. The van der Waals surface area contributed by atoms with Gasteiger partial charge in [-0.3, -0.25) is 4.79 Å². The molecule has 0 spiro atoms. The number of thioether (sulfide) groups is 2. The highest BCUT2D eigenvalue weighted by Gasteiger charge is 2.57. The zero-order chi connectivity index (χ0) is 21.7. The third kappa shape index (κ3) is 4.79. The number of hydrogen-bond acceptors (Lipinski definition) is 5. The van der Waals surface area contributed by atoms with E-state index in [1.54, 1.807) is 43.0 Å². The lowest BCUT2D eigenvalue weighted by Crippen LogP contribution is -2.61. The molecule has 1 saturated heterocycles. The highest BCUT2D eigenvalue weighted by atomic mass is 32.2. The quantitative estimate of drug-likeness (QED) is 0.620. The van der Waals surface area contributed by atoms with Crippen LogP contribution < -0.4 is 0 Å². The predicted octanol–water partition coefficient (Wildman–Crippen LogP) is 5.17. The van der Waals surface area contributed by atoms with E-state index >= 15 is 0 Å². The molecule has 1 fully saturated rings. The molecule has 1 aliphatic rings. The fourth-order valence-electron chi connectivity index (χ4n) is 3.90. The number of amides is 2. The molecule has 1 aliphatic heterocycles. The molecule has 0 saturated carbocycles. The van der Waals surface area contributed by atoms with E-state index < -0.39 is 16.5 Å². The minimum absolute atomic E-state index is 0.0493. The fraction of sp³-hybridized carbons (Fsp3) is 0.348. The lowest BCUT2D eigenvalue weighted by molar-refractivity contribution is -0.793. The summed E-state index contributed by atoms with van der Waals surface area (Å²) in [5, 5.41) is 10.0. The standard InChI is InChI=1S/C23H25NO4S2/c1-16(15-29-22(26)18-9-5-3-6-10-18)21(25)24(23(27)28)14-20(13-17(24)2)30-19-11-7-4-8-12-19/h3-12,16-17,20H,13-15H2,1-2H3/p+1/t16-,17?,20+,24?/m1/s1. The Morgan fingerprint density at radius 3 is 2.27 bits per heavy atom. The van der Waals surface area contributed by atoms with Crippen LogP contribution in [-0.4, -0.2) is 50.3 Å². The van der Waals surface area contributed by atoms with E-state index in [1.807, 2.05) is 43.3 Å². The van der Waals surface area contributed by atoms with Crippen LogP contribution in [-0.2, 0) is 4.79 Å². The van der Waals surface area contributed by atoms with Crippen molar-refractivity contribution in [3.05, 3.63) is 66.2 Å². The molecule has 0 aliphatic carbocycles. The lowest BCUT2D eigenvalue weighted by atomic mass is 10.1. The molecular weight excluding hydrogens is 418 g/mol. The van der Waals surface area contributed by atoms with Gasteiger partial charge >= 0.3 is 12.0 Å². The summed E-state index contributed by atoms with van der Waals surface area (Å²) in [7, 11) is 0. The second-order valence-corrected chi connectivity index (χ2v) is 10.0. The van der Waals surface area contributed by atoms with Crippen LogP contribution in [0.4, 0.5) is 4.79 Å². The van der Waals surface area contributed by atoms with Gasteiger partial charge in [-0.1, -0.05) is 60.3 Å². The highest BCUT2D eigenvalue weighted by molar-refractivity contribution is 8.14. The number of imide groups is 1. The number of likely N-dealkylation sites (tertiary alicyclic amines) is 1. The molecule has 2 unspecified atom stereocenters. The van der Waals surface area contributed by atoms with Gasteiger partial charge in [0.05, 0.1) is 11.2 Å². The number of carbonyl (C=O) groups excluding carboxylic acids is 2. The van der Waals surface area contributed by atoms with Crippen LogP contribution in [0.5, 0.6) is 0 Å². The SMILES string of the molecule is CC1C[C@H](Sc2ccccc2)C[N+]1(C(=O)O)C(=O)[C@H](C)CSC(=O)c1ccccc1. The topological polar surface area (TPSA) is 71.4 Å². The minimum atomic E-state index is -1.10. The third-order valence-corrected chi connectivity index (χ3v) is 7.91. The van der Waals surface area contributed by atoms with Gasteiger partial charge in [-0.25, -0.2) is 4.79 Å². The fourth-order valence-corrected chi connectivity index (χ4v) is 6.13. The Bertz CT molecular complexity index is 906. The summed E-state index contributed by atoms with van der Waals surface area (Å²) in [5.41, 5.74) is 0.582. The van der Waals surface area contributed by atoms with Gasteiger partial charge in [0.2, 0.25) is 5.12 Å². The Morgan fingerprint density at radius 1 is 1.07 bits per heavy atom. The Kier molecular flexibility index (Phi) is 7.39. The lowest BCUT2D eigenvalue weighted by Gasteiger charge is -2.31. The average molecular weight is 445 g/mol. The van der Waals surface area contributed by atoms with Crippen molar-refractivity contribution in [1.29, 1.82) is 0 Å². The van der Waals surface area contributed by atoms with Crippen LogP contribution in [0.15, 0.2) is 65.6 Å². The number of benzene rings is 2. The molecule has 0 aromatic heterocycles. The van der Waals surface area contributed by atoms with Gasteiger partial charge < -0.3 is 5.11 Å². The Balaban J connectivity index is 1.69. The molecule has 4 atom stereocenters. The molecule has 1 heterocycles. The van der Waals surface area contributed by atoms with Crippen LogP contribution in [0.25, 0.3) is 0 Å². The van der Waals surface area contributed by atoms with Crippen molar-refractivity contribution in [1.82, 2.24) is 0 Å². The van der Waals surface area contributed by atoms with Gasteiger partial charge in [0, 0.05) is 22.6 Å². The predicted molar refractivity (Wildman–Crippen MR) is 121 cm³/mol. The molecule has 2 aromatic rings. The molecule has 30 heavy (non-hydrogen) atoms. The maximum atomic E-state index is 13.3. The van der Waals surface area contributed by atoms with Crippen LogP contribution in [0, 0.1) is 5.92 Å². The van der Waals surface area contributed by atoms with Gasteiger partial charge in [-0.2, -0.15) is 9.28 Å². The summed E-state index contributed by atoms with van der Waals surface area (Å²) in [5.74, 6) is -0.593. The van der Waals surface area contributed by atoms with E-state index in [4.69, 9.17) is 0 Å². The van der Waals surface area contributed by atoms with Crippen molar-refractivity contribution in [3.63, 3.8) is 0 Å². The maximum Gasteiger partial charge on any atom is 0.521 e. The first kappa shape index (κ1) is 22.6. The molecule has 2 amide bonds. The van der Waals surface area contributed by atoms with Crippen molar-refractivity contribution in [3.8, 4) is 0 Å². The summed E-state index contributed by atoms with van der Waals surface area (Å²) >= 11 is 2.70. The number of carboxylic acid groups (broad SMARTS) is 1. The molecular formula is C23H26NO4S2+. The number of rotatable bonds is 6.